The minimum Gasteiger partial charge on any atom is -0.507 e. The van der Waals surface area contributed by atoms with Gasteiger partial charge in [0.05, 0.1) is 15.8 Å². The van der Waals surface area contributed by atoms with Crippen molar-refractivity contribution in [3.8, 4) is 16.3 Å². The topological polar surface area (TPSA) is 33.1 Å². The molecule has 0 amide bonds. The highest BCUT2D eigenvalue weighted by Gasteiger charge is 2.11. The van der Waals surface area contributed by atoms with Gasteiger partial charge in [-0.25, -0.2) is 4.98 Å². The summed E-state index contributed by atoms with van der Waals surface area (Å²) in [5.41, 5.74) is 1.69. The predicted molar refractivity (Wildman–Crippen MR) is 82.1 cm³/mol. The van der Waals surface area contributed by atoms with Crippen LogP contribution in [0.3, 0.4) is 0 Å². The first-order valence-electron chi connectivity index (χ1n) is 5.18. The number of hydrogen-bond acceptors (Lipinski definition) is 3. The quantitative estimate of drug-likeness (QED) is 0.625. The van der Waals surface area contributed by atoms with Gasteiger partial charge in [-0.2, -0.15) is 0 Å². The van der Waals surface area contributed by atoms with Crippen LogP contribution in [0.5, 0.6) is 5.75 Å². The van der Waals surface area contributed by atoms with Crippen molar-refractivity contribution in [3.05, 3.63) is 45.3 Å². The number of nitrogens with zero attached hydrogens (tertiary/aromatic N) is 1. The van der Waals surface area contributed by atoms with E-state index in [1.807, 2.05) is 30.3 Å². The van der Waals surface area contributed by atoms with E-state index < -0.39 is 0 Å². The van der Waals surface area contributed by atoms with Crippen LogP contribution < -0.4 is 0 Å². The molecule has 1 heterocycles. The Hall–Kier alpha value is -0.910. The average Bonchev–Trinajstić information content (AvgIpc) is 2.74. The van der Waals surface area contributed by atoms with Gasteiger partial charge >= 0.3 is 0 Å². The molecule has 0 radical (unpaired) electrons. The number of aromatic nitrogens is 1. The summed E-state index contributed by atoms with van der Waals surface area (Å²) < 4.78 is 3.05. The van der Waals surface area contributed by atoms with Gasteiger partial charge in [-0.05, 0) is 36.4 Å². The highest BCUT2D eigenvalue weighted by molar-refractivity contribution is 9.10. The Morgan fingerprint density at radius 1 is 1.00 bits per heavy atom. The van der Waals surface area contributed by atoms with Crippen LogP contribution in [0.15, 0.2) is 45.3 Å². The van der Waals surface area contributed by atoms with E-state index in [0.717, 1.165) is 29.7 Å². The number of phenolic OH excluding ortho intramolecular Hbond substituents is 1. The van der Waals surface area contributed by atoms with Crippen molar-refractivity contribution in [2.45, 2.75) is 0 Å². The summed E-state index contributed by atoms with van der Waals surface area (Å²) in [6.45, 7) is 0. The molecule has 1 aromatic heterocycles. The van der Waals surface area contributed by atoms with Crippen molar-refractivity contribution < 1.29 is 5.11 Å². The fourth-order valence-corrected chi connectivity index (χ4v) is 3.60. The van der Waals surface area contributed by atoms with Crippen LogP contribution >= 0.6 is 43.2 Å². The molecule has 18 heavy (non-hydrogen) atoms. The molecule has 0 unspecified atom stereocenters. The molecular weight excluding hydrogens is 378 g/mol. The molecule has 0 fully saturated rings. The number of benzene rings is 2. The van der Waals surface area contributed by atoms with Gasteiger partial charge in [0.2, 0.25) is 0 Å². The minimum atomic E-state index is 0.247. The lowest BCUT2D eigenvalue weighted by atomic mass is 10.2. The van der Waals surface area contributed by atoms with Crippen molar-refractivity contribution in [3.63, 3.8) is 0 Å². The lowest BCUT2D eigenvalue weighted by molar-refractivity contribution is 0.477. The summed E-state index contributed by atoms with van der Waals surface area (Å²) in [4.78, 5) is 4.54. The van der Waals surface area contributed by atoms with E-state index in [4.69, 9.17) is 0 Å². The van der Waals surface area contributed by atoms with Gasteiger partial charge in [-0.3, -0.25) is 0 Å². The summed E-state index contributed by atoms with van der Waals surface area (Å²) >= 11 is 8.42. The van der Waals surface area contributed by atoms with E-state index in [0.29, 0.717) is 0 Å². The zero-order chi connectivity index (χ0) is 12.7. The molecule has 0 aliphatic rings. The van der Waals surface area contributed by atoms with E-state index in [2.05, 4.69) is 36.8 Å². The van der Waals surface area contributed by atoms with Crippen LogP contribution in [-0.4, -0.2) is 10.1 Å². The Balaban J connectivity index is 2.22. The molecule has 1 N–H and O–H groups in total. The summed E-state index contributed by atoms with van der Waals surface area (Å²) in [7, 11) is 0. The molecule has 0 saturated carbocycles. The van der Waals surface area contributed by atoms with E-state index >= 15 is 0 Å². The van der Waals surface area contributed by atoms with Crippen molar-refractivity contribution in [2.75, 3.05) is 0 Å². The predicted octanol–water partition coefficient (Wildman–Crippen LogP) is 5.19. The Morgan fingerprint density at radius 2 is 1.72 bits per heavy atom. The van der Waals surface area contributed by atoms with Crippen molar-refractivity contribution in [1.82, 2.24) is 4.98 Å². The highest BCUT2D eigenvalue weighted by Crippen LogP contribution is 2.37. The molecular formula is C13H7Br2NOS. The lowest BCUT2D eigenvalue weighted by Crippen LogP contribution is -1.77. The van der Waals surface area contributed by atoms with E-state index in [-0.39, 0.29) is 5.75 Å². The van der Waals surface area contributed by atoms with Crippen LogP contribution in [-0.2, 0) is 0 Å². The zero-order valence-electron chi connectivity index (χ0n) is 9.02. The second kappa shape index (κ2) is 4.64. The highest BCUT2D eigenvalue weighted by atomic mass is 79.9. The number of rotatable bonds is 1. The molecule has 90 valence electrons. The fourth-order valence-electron chi connectivity index (χ4n) is 1.69. The summed E-state index contributed by atoms with van der Waals surface area (Å²) in [5, 5.41) is 10.7. The lowest BCUT2D eigenvalue weighted by Gasteiger charge is -2.00. The molecule has 2 aromatic carbocycles. The van der Waals surface area contributed by atoms with Gasteiger partial charge in [-0.15, -0.1) is 11.3 Å². The Bertz CT molecular complexity index is 739. The largest absolute Gasteiger partial charge is 0.507 e. The standard InChI is InChI=1S/C13H7Br2NOS/c14-7-2-4-11(17)9(5-7)13-16-10-3-1-8(15)6-12(10)18-13/h1-6,17H. The molecule has 0 saturated heterocycles. The first-order valence-corrected chi connectivity index (χ1v) is 7.59. The van der Waals surface area contributed by atoms with Crippen LogP contribution in [0.25, 0.3) is 20.8 Å². The minimum absolute atomic E-state index is 0.247. The third kappa shape index (κ3) is 2.18. The molecule has 0 spiro atoms. The average molecular weight is 385 g/mol. The third-order valence-electron chi connectivity index (χ3n) is 2.54. The van der Waals surface area contributed by atoms with E-state index in [1.165, 1.54) is 0 Å². The Morgan fingerprint density at radius 3 is 2.56 bits per heavy atom. The molecule has 3 aromatic rings. The van der Waals surface area contributed by atoms with Crippen LogP contribution in [0.2, 0.25) is 0 Å². The van der Waals surface area contributed by atoms with Gasteiger partial charge in [-0.1, -0.05) is 31.9 Å². The molecule has 2 nitrogen and oxygen atoms in total. The van der Waals surface area contributed by atoms with Crippen molar-refractivity contribution >= 4 is 53.4 Å². The summed E-state index contributed by atoms with van der Waals surface area (Å²) in [6, 6.07) is 11.3. The van der Waals surface area contributed by atoms with Gasteiger partial charge in [0.1, 0.15) is 10.8 Å². The monoisotopic (exact) mass is 383 g/mol. The molecule has 0 aliphatic heterocycles. The smallest absolute Gasteiger partial charge is 0.128 e. The number of phenols is 1. The van der Waals surface area contributed by atoms with Crippen molar-refractivity contribution in [1.29, 1.82) is 0 Å². The first kappa shape index (κ1) is 12.1. The fraction of sp³-hybridized carbons (Fsp3) is 0. The maximum atomic E-state index is 9.90. The number of halogens is 2. The van der Waals surface area contributed by atoms with Crippen LogP contribution in [0.1, 0.15) is 0 Å². The third-order valence-corrected chi connectivity index (χ3v) is 4.58. The number of aromatic hydroxyl groups is 1. The maximum absolute atomic E-state index is 9.90. The second-order valence-corrected chi connectivity index (χ2v) is 6.65. The second-order valence-electron chi connectivity index (χ2n) is 3.79. The number of fused-ring (bicyclic) bond motifs is 1. The van der Waals surface area contributed by atoms with Gasteiger partial charge in [0, 0.05) is 8.95 Å². The number of thiazole rings is 1. The molecule has 3 rings (SSSR count). The van der Waals surface area contributed by atoms with Gasteiger partial charge in [0.25, 0.3) is 0 Å². The maximum Gasteiger partial charge on any atom is 0.128 e. The first-order chi connectivity index (χ1) is 8.63. The molecule has 0 atom stereocenters. The van der Waals surface area contributed by atoms with Gasteiger partial charge in [0.15, 0.2) is 0 Å². The normalized spacial score (nSPS) is 11.0. The van der Waals surface area contributed by atoms with Crippen LogP contribution in [0.4, 0.5) is 0 Å². The van der Waals surface area contributed by atoms with Crippen LogP contribution in [0, 0.1) is 0 Å². The SMILES string of the molecule is Oc1ccc(Br)cc1-c1nc2ccc(Br)cc2s1. The summed E-state index contributed by atoms with van der Waals surface area (Å²) in [6.07, 6.45) is 0. The van der Waals surface area contributed by atoms with Gasteiger partial charge < -0.3 is 5.11 Å². The Labute approximate surface area is 125 Å². The zero-order valence-corrected chi connectivity index (χ0v) is 13.0. The number of hydrogen-bond donors (Lipinski definition) is 1. The van der Waals surface area contributed by atoms with E-state index in [1.54, 1.807) is 17.4 Å². The molecule has 5 heteroatoms. The van der Waals surface area contributed by atoms with E-state index in [9.17, 15) is 5.11 Å². The Kier molecular flexibility index (Phi) is 3.13. The summed E-state index contributed by atoms with van der Waals surface area (Å²) in [5.74, 6) is 0.247. The molecule has 0 aliphatic carbocycles. The van der Waals surface area contributed by atoms with Crippen molar-refractivity contribution in [2.24, 2.45) is 0 Å². The molecule has 0 bridgehead atoms.